The van der Waals surface area contributed by atoms with Gasteiger partial charge in [-0.3, -0.25) is 0 Å². The van der Waals surface area contributed by atoms with Crippen LogP contribution in [0, 0.1) is 0 Å². The molecule has 8 heteroatoms. The Morgan fingerprint density at radius 2 is 1.83 bits per heavy atom. The van der Waals surface area contributed by atoms with Crippen LogP contribution >= 0.6 is 11.6 Å². The van der Waals surface area contributed by atoms with Crippen LogP contribution in [0.5, 0.6) is 5.75 Å². The molecule has 3 nitrogen and oxygen atoms in total. The van der Waals surface area contributed by atoms with Crippen LogP contribution in [-0.2, 0) is 10.1 Å². The van der Waals surface area contributed by atoms with Gasteiger partial charge in [0.05, 0.1) is 5.02 Å². The zero-order chi connectivity index (χ0) is 14.1. The first kappa shape index (κ1) is 15.1. The van der Waals surface area contributed by atoms with Crippen molar-refractivity contribution in [2.24, 2.45) is 0 Å². The molecule has 1 rings (SSSR count). The first-order chi connectivity index (χ1) is 8.04. The van der Waals surface area contributed by atoms with Gasteiger partial charge in [0, 0.05) is 0 Å². The van der Waals surface area contributed by atoms with E-state index < -0.39 is 21.4 Å². The fourth-order valence-corrected chi connectivity index (χ4v) is 1.86. The van der Waals surface area contributed by atoms with Crippen molar-refractivity contribution in [1.29, 1.82) is 0 Å². The molecule has 0 amide bonds. The van der Waals surface area contributed by atoms with Gasteiger partial charge in [-0.05, 0) is 23.6 Å². The average molecular weight is 303 g/mol. The van der Waals surface area contributed by atoms with Crippen molar-refractivity contribution >= 4 is 21.7 Å². The average Bonchev–Trinajstić information content (AvgIpc) is 2.18. The van der Waals surface area contributed by atoms with Gasteiger partial charge in [-0.25, -0.2) is 0 Å². The summed E-state index contributed by atoms with van der Waals surface area (Å²) < 4.78 is 61.8. The summed E-state index contributed by atoms with van der Waals surface area (Å²) >= 11 is 5.67. The van der Waals surface area contributed by atoms with E-state index >= 15 is 0 Å². The van der Waals surface area contributed by atoms with E-state index in [0.29, 0.717) is 0 Å². The third-order valence-electron chi connectivity index (χ3n) is 2.11. The molecule has 0 atom stereocenters. The molecule has 0 aromatic heterocycles. The Hall–Kier alpha value is -0.950. The van der Waals surface area contributed by atoms with Crippen molar-refractivity contribution in [3.8, 4) is 5.75 Å². The topological polar surface area (TPSA) is 43.4 Å². The van der Waals surface area contributed by atoms with Gasteiger partial charge in [0.1, 0.15) is 0 Å². The fraction of sp³-hybridized carbons (Fsp3) is 0.400. The summed E-state index contributed by atoms with van der Waals surface area (Å²) in [7, 11) is -5.69. The van der Waals surface area contributed by atoms with E-state index in [4.69, 9.17) is 11.6 Å². The second-order valence-corrected chi connectivity index (χ2v) is 5.77. The van der Waals surface area contributed by atoms with Crippen molar-refractivity contribution in [1.82, 2.24) is 0 Å². The molecule has 0 saturated heterocycles. The highest BCUT2D eigenvalue weighted by Gasteiger charge is 2.48. The van der Waals surface area contributed by atoms with E-state index in [1.54, 1.807) is 0 Å². The van der Waals surface area contributed by atoms with Gasteiger partial charge in [-0.2, -0.15) is 21.6 Å². The van der Waals surface area contributed by atoms with Crippen molar-refractivity contribution in [3.05, 3.63) is 28.8 Å². The number of halogens is 4. The van der Waals surface area contributed by atoms with Gasteiger partial charge in [0.15, 0.2) is 5.75 Å². The summed E-state index contributed by atoms with van der Waals surface area (Å²) in [6.07, 6.45) is 0. The normalized spacial score (nSPS) is 12.8. The van der Waals surface area contributed by atoms with Gasteiger partial charge >= 0.3 is 15.6 Å². The van der Waals surface area contributed by atoms with E-state index in [9.17, 15) is 21.6 Å². The summed E-state index contributed by atoms with van der Waals surface area (Å²) in [5.41, 5.74) is -4.72. The van der Waals surface area contributed by atoms with Crippen LogP contribution in [0.3, 0.4) is 0 Å². The molecule has 0 saturated carbocycles. The first-order valence-electron chi connectivity index (χ1n) is 4.85. The largest absolute Gasteiger partial charge is 0.534 e. The van der Waals surface area contributed by atoms with Crippen molar-refractivity contribution in [3.63, 3.8) is 0 Å². The summed E-state index contributed by atoms with van der Waals surface area (Å²) in [5.74, 6) is -0.436. The highest BCUT2D eigenvalue weighted by molar-refractivity contribution is 7.88. The summed E-state index contributed by atoms with van der Waals surface area (Å²) in [4.78, 5) is 0. The van der Waals surface area contributed by atoms with Crippen LogP contribution in [0.15, 0.2) is 18.2 Å². The second kappa shape index (κ2) is 4.97. The predicted octanol–water partition coefficient (Wildman–Crippen LogP) is 3.69. The Labute approximate surface area is 108 Å². The molecule has 0 aliphatic heterocycles. The highest BCUT2D eigenvalue weighted by atomic mass is 35.5. The minimum Gasteiger partial charge on any atom is -0.374 e. The van der Waals surface area contributed by atoms with Crippen LogP contribution in [-0.4, -0.2) is 13.9 Å². The SMILES string of the molecule is CC(C)c1ccc(OS(=O)(=O)C(F)(F)F)c(Cl)c1. The molecule has 0 bridgehead atoms. The second-order valence-electron chi connectivity index (χ2n) is 3.83. The Kier molecular flexibility index (Phi) is 4.17. The van der Waals surface area contributed by atoms with Crippen LogP contribution in [0.2, 0.25) is 5.02 Å². The Balaban J connectivity index is 3.08. The fourth-order valence-electron chi connectivity index (χ4n) is 1.11. The quantitative estimate of drug-likeness (QED) is 0.632. The minimum absolute atomic E-state index is 0.107. The molecule has 0 spiro atoms. The molecule has 0 aliphatic rings. The smallest absolute Gasteiger partial charge is 0.374 e. The standard InChI is InChI=1S/C10H10ClF3O3S/c1-6(2)7-3-4-9(8(11)5-7)17-18(15,16)10(12,13)14/h3-6H,1-2H3. The zero-order valence-corrected chi connectivity index (χ0v) is 11.0. The number of alkyl halides is 3. The van der Waals surface area contributed by atoms with Gasteiger partial charge in [-0.15, -0.1) is 0 Å². The van der Waals surface area contributed by atoms with Gasteiger partial charge in [0.2, 0.25) is 0 Å². The van der Waals surface area contributed by atoms with Gasteiger partial charge in [-0.1, -0.05) is 31.5 Å². The maximum Gasteiger partial charge on any atom is 0.534 e. The Bertz CT molecular complexity index is 538. The van der Waals surface area contributed by atoms with Crippen LogP contribution < -0.4 is 4.18 Å². The molecule has 1 aromatic rings. The monoisotopic (exact) mass is 302 g/mol. The van der Waals surface area contributed by atoms with E-state index in [-0.39, 0.29) is 10.9 Å². The zero-order valence-electron chi connectivity index (χ0n) is 9.45. The molecule has 1 aromatic carbocycles. The number of benzene rings is 1. The lowest BCUT2D eigenvalue weighted by Gasteiger charge is -2.12. The maximum absolute atomic E-state index is 12.1. The molecule has 0 fully saturated rings. The van der Waals surface area contributed by atoms with Crippen LogP contribution in [0.25, 0.3) is 0 Å². The van der Waals surface area contributed by atoms with E-state index in [1.165, 1.54) is 12.1 Å². The lowest BCUT2D eigenvalue weighted by molar-refractivity contribution is -0.0500. The molecule has 18 heavy (non-hydrogen) atoms. The highest BCUT2D eigenvalue weighted by Crippen LogP contribution is 2.33. The molecule has 0 aliphatic carbocycles. The molecule has 0 heterocycles. The summed E-state index contributed by atoms with van der Waals surface area (Å²) in [5, 5.41) is -0.186. The van der Waals surface area contributed by atoms with E-state index in [0.717, 1.165) is 11.6 Å². The molecule has 102 valence electrons. The van der Waals surface area contributed by atoms with Crippen LogP contribution in [0.4, 0.5) is 13.2 Å². The number of hydrogen-bond donors (Lipinski definition) is 0. The predicted molar refractivity (Wildman–Crippen MR) is 61.1 cm³/mol. The minimum atomic E-state index is -5.69. The molecule has 0 radical (unpaired) electrons. The van der Waals surface area contributed by atoms with Crippen LogP contribution in [0.1, 0.15) is 25.3 Å². The van der Waals surface area contributed by atoms with E-state index in [1.807, 2.05) is 13.8 Å². The summed E-state index contributed by atoms with van der Waals surface area (Å²) in [6, 6.07) is 3.92. The lowest BCUT2D eigenvalue weighted by Crippen LogP contribution is -2.28. The Morgan fingerprint density at radius 1 is 1.28 bits per heavy atom. The first-order valence-corrected chi connectivity index (χ1v) is 6.63. The van der Waals surface area contributed by atoms with Crippen molar-refractivity contribution in [2.75, 3.05) is 0 Å². The molecular formula is C10H10ClF3O3S. The number of hydrogen-bond acceptors (Lipinski definition) is 3. The lowest BCUT2D eigenvalue weighted by atomic mass is 10.0. The number of rotatable bonds is 3. The van der Waals surface area contributed by atoms with Crippen molar-refractivity contribution in [2.45, 2.75) is 25.3 Å². The maximum atomic E-state index is 12.1. The molecule has 0 N–H and O–H groups in total. The van der Waals surface area contributed by atoms with Gasteiger partial charge in [0.25, 0.3) is 0 Å². The summed E-state index contributed by atoms with van der Waals surface area (Å²) in [6.45, 7) is 3.72. The third-order valence-corrected chi connectivity index (χ3v) is 3.37. The van der Waals surface area contributed by atoms with Crippen molar-refractivity contribution < 1.29 is 25.8 Å². The third kappa shape index (κ3) is 3.29. The Morgan fingerprint density at radius 3 is 2.22 bits per heavy atom. The molecular weight excluding hydrogens is 293 g/mol. The van der Waals surface area contributed by atoms with Gasteiger partial charge < -0.3 is 4.18 Å². The molecule has 0 unspecified atom stereocenters. The van der Waals surface area contributed by atoms with E-state index in [2.05, 4.69) is 4.18 Å².